The highest BCUT2D eigenvalue weighted by molar-refractivity contribution is 6.31. The SMILES string of the molecule is CN(CC(=O)N1CCCC(C(=O)O)C1)C(=O)c1ccc(Cl)cc1[N+](=O)[O-]. The molecule has 2 amide bonds. The van der Waals surface area contributed by atoms with E-state index in [1.54, 1.807) is 0 Å². The van der Waals surface area contributed by atoms with Crippen molar-refractivity contribution in [3.8, 4) is 0 Å². The zero-order chi connectivity index (χ0) is 19.4. The minimum atomic E-state index is -0.955. The minimum absolute atomic E-state index is 0.0945. The van der Waals surface area contributed by atoms with E-state index in [-0.39, 0.29) is 23.7 Å². The monoisotopic (exact) mass is 383 g/mol. The zero-order valence-corrected chi connectivity index (χ0v) is 14.8. The Labute approximate surface area is 154 Å². The van der Waals surface area contributed by atoms with Crippen LogP contribution in [0.15, 0.2) is 18.2 Å². The van der Waals surface area contributed by atoms with Gasteiger partial charge in [-0.05, 0) is 25.0 Å². The number of hydrogen-bond donors (Lipinski definition) is 1. The molecule has 10 heteroatoms. The molecule has 0 spiro atoms. The first-order valence-electron chi connectivity index (χ1n) is 7.90. The summed E-state index contributed by atoms with van der Waals surface area (Å²) in [7, 11) is 1.36. The predicted octanol–water partition coefficient (Wildman–Crippen LogP) is 1.64. The maximum absolute atomic E-state index is 12.5. The van der Waals surface area contributed by atoms with Crippen molar-refractivity contribution in [3.63, 3.8) is 0 Å². The molecule has 1 fully saturated rings. The molecule has 0 aliphatic carbocycles. The molecule has 26 heavy (non-hydrogen) atoms. The first kappa shape index (κ1) is 19.6. The summed E-state index contributed by atoms with van der Waals surface area (Å²) in [6.07, 6.45) is 1.08. The van der Waals surface area contributed by atoms with E-state index in [2.05, 4.69) is 0 Å². The van der Waals surface area contributed by atoms with Crippen LogP contribution in [-0.2, 0) is 9.59 Å². The van der Waals surface area contributed by atoms with Gasteiger partial charge in [0.1, 0.15) is 5.56 Å². The zero-order valence-electron chi connectivity index (χ0n) is 14.1. The Balaban J connectivity index is 2.08. The second kappa shape index (κ2) is 8.13. The second-order valence-corrected chi connectivity index (χ2v) is 6.53. The third-order valence-corrected chi connectivity index (χ3v) is 4.46. The van der Waals surface area contributed by atoms with Crippen LogP contribution in [0.3, 0.4) is 0 Å². The molecule has 1 aliphatic rings. The van der Waals surface area contributed by atoms with E-state index in [0.29, 0.717) is 19.4 Å². The molecule has 1 unspecified atom stereocenters. The molecule has 0 bridgehead atoms. The molecule has 0 aromatic heterocycles. The number of aliphatic carboxylic acids is 1. The van der Waals surface area contributed by atoms with Crippen LogP contribution in [0.5, 0.6) is 0 Å². The normalized spacial score (nSPS) is 16.8. The number of nitro groups is 1. The molecule has 1 atom stereocenters. The lowest BCUT2D eigenvalue weighted by Crippen LogP contribution is -2.47. The fraction of sp³-hybridized carbons (Fsp3) is 0.438. The van der Waals surface area contributed by atoms with Crippen LogP contribution in [-0.4, -0.2) is 64.3 Å². The molecule has 1 aliphatic heterocycles. The number of benzene rings is 1. The molecular formula is C16H18ClN3O6. The van der Waals surface area contributed by atoms with Gasteiger partial charge in [0.05, 0.1) is 17.4 Å². The van der Waals surface area contributed by atoms with Gasteiger partial charge in [-0.3, -0.25) is 24.5 Å². The van der Waals surface area contributed by atoms with Crippen LogP contribution in [0.2, 0.25) is 5.02 Å². The highest BCUT2D eigenvalue weighted by atomic mass is 35.5. The van der Waals surface area contributed by atoms with Crippen LogP contribution in [0.25, 0.3) is 0 Å². The Morgan fingerprint density at radius 2 is 2.12 bits per heavy atom. The number of carboxylic acid groups (broad SMARTS) is 1. The topological polar surface area (TPSA) is 121 Å². The number of piperidine rings is 1. The van der Waals surface area contributed by atoms with Gasteiger partial charge in [-0.1, -0.05) is 11.6 Å². The third kappa shape index (κ3) is 4.48. The fourth-order valence-electron chi connectivity index (χ4n) is 2.82. The van der Waals surface area contributed by atoms with Crippen molar-refractivity contribution in [1.29, 1.82) is 0 Å². The molecule has 2 rings (SSSR count). The lowest BCUT2D eigenvalue weighted by atomic mass is 9.98. The summed E-state index contributed by atoms with van der Waals surface area (Å²) >= 11 is 5.73. The van der Waals surface area contributed by atoms with Crippen LogP contribution >= 0.6 is 11.6 Å². The number of likely N-dealkylation sites (N-methyl/N-ethyl adjacent to an activating group) is 1. The molecule has 1 N–H and O–H groups in total. The Kier molecular flexibility index (Phi) is 6.14. The largest absolute Gasteiger partial charge is 0.481 e. The van der Waals surface area contributed by atoms with Gasteiger partial charge >= 0.3 is 5.97 Å². The number of halogens is 1. The number of amides is 2. The van der Waals surface area contributed by atoms with Crippen molar-refractivity contribution >= 4 is 35.1 Å². The van der Waals surface area contributed by atoms with E-state index >= 15 is 0 Å². The number of carboxylic acids is 1. The molecule has 1 aromatic rings. The van der Waals surface area contributed by atoms with Gasteiger partial charge < -0.3 is 14.9 Å². The Morgan fingerprint density at radius 1 is 1.42 bits per heavy atom. The van der Waals surface area contributed by atoms with Gasteiger partial charge in [0, 0.05) is 31.2 Å². The summed E-state index contributed by atoms with van der Waals surface area (Å²) in [5.74, 6) is -2.66. The molecule has 1 heterocycles. The standard InChI is InChI=1S/C16H18ClN3O6/c1-18(9-14(21)19-6-2-3-10(8-19)16(23)24)15(22)12-5-4-11(17)7-13(12)20(25)26/h4-5,7,10H,2-3,6,8-9H2,1H3,(H,23,24). The highest BCUT2D eigenvalue weighted by Crippen LogP contribution is 2.24. The van der Waals surface area contributed by atoms with Crippen molar-refractivity contribution in [3.05, 3.63) is 38.9 Å². The van der Waals surface area contributed by atoms with E-state index in [1.807, 2.05) is 0 Å². The Hall–Kier alpha value is -2.68. The van der Waals surface area contributed by atoms with Crippen molar-refractivity contribution in [2.24, 2.45) is 5.92 Å². The summed E-state index contributed by atoms with van der Waals surface area (Å²) in [4.78, 5) is 48.8. The summed E-state index contributed by atoms with van der Waals surface area (Å²) in [6.45, 7) is 0.216. The molecule has 0 radical (unpaired) electrons. The summed E-state index contributed by atoms with van der Waals surface area (Å²) in [5, 5.41) is 20.3. The maximum Gasteiger partial charge on any atom is 0.308 e. The number of likely N-dealkylation sites (tertiary alicyclic amines) is 1. The van der Waals surface area contributed by atoms with Crippen LogP contribution in [0, 0.1) is 16.0 Å². The summed E-state index contributed by atoms with van der Waals surface area (Å²) in [6, 6.07) is 3.68. The molecule has 1 aromatic carbocycles. The first-order valence-corrected chi connectivity index (χ1v) is 8.28. The number of carbonyl (C=O) groups excluding carboxylic acids is 2. The van der Waals surface area contributed by atoms with Gasteiger partial charge in [0.15, 0.2) is 0 Å². The average Bonchev–Trinajstić information content (AvgIpc) is 2.60. The van der Waals surface area contributed by atoms with Crippen LogP contribution in [0.4, 0.5) is 5.69 Å². The minimum Gasteiger partial charge on any atom is -0.481 e. The van der Waals surface area contributed by atoms with Gasteiger partial charge in [-0.15, -0.1) is 0 Å². The van der Waals surface area contributed by atoms with Crippen molar-refractivity contribution in [2.75, 3.05) is 26.7 Å². The molecule has 9 nitrogen and oxygen atoms in total. The maximum atomic E-state index is 12.5. The van der Waals surface area contributed by atoms with Crippen molar-refractivity contribution < 1.29 is 24.4 Å². The highest BCUT2D eigenvalue weighted by Gasteiger charge is 2.30. The predicted molar refractivity (Wildman–Crippen MR) is 92.0 cm³/mol. The van der Waals surface area contributed by atoms with Crippen LogP contribution in [0.1, 0.15) is 23.2 Å². The second-order valence-electron chi connectivity index (χ2n) is 6.10. The van der Waals surface area contributed by atoms with Gasteiger partial charge in [-0.25, -0.2) is 0 Å². The Morgan fingerprint density at radius 3 is 2.73 bits per heavy atom. The van der Waals surface area contributed by atoms with E-state index in [1.165, 1.54) is 24.1 Å². The van der Waals surface area contributed by atoms with E-state index in [4.69, 9.17) is 16.7 Å². The smallest absolute Gasteiger partial charge is 0.308 e. The summed E-state index contributed by atoms with van der Waals surface area (Å²) < 4.78 is 0. The first-order chi connectivity index (χ1) is 12.2. The molecular weight excluding hydrogens is 366 g/mol. The van der Waals surface area contributed by atoms with Gasteiger partial charge in [0.25, 0.3) is 11.6 Å². The number of rotatable bonds is 5. The molecule has 0 saturated carbocycles. The average molecular weight is 384 g/mol. The van der Waals surface area contributed by atoms with E-state index in [9.17, 15) is 24.5 Å². The number of nitrogens with zero attached hydrogens (tertiary/aromatic N) is 3. The van der Waals surface area contributed by atoms with Crippen molar-refractivity contribution in [1.82, 2.24) is 9.80 Å². The number of carbonyl (C=O) groups is 3. The quantitative estimate of drug-likeness (QED) is 0.609. The van der Waals surface area contributed by atoms with E-state index < -0.39 is 34.3 Å². The number of hydrogen-bond acceptors (Lipinski definition) is 5. The van der Waals surface area contributed by atoms with E-state index in [0.717, 1.165) is 11.0 Å². The fourth-order valence-corrected chi connectivity index (χ4v) is 2.99. The summed E-state index contributed by atoms with van der Waals surface area (Å²) in [5.41, 5.74) is -0.609. The van der Waals surface area contributed by atoms with Crippen molar-refractivity contribution in [2.45, 2.75) is 12.8 Å². The Bertz CT molecular complexity index is 754. The van der Waals surface area contributed by atoms with Gasteiger partial charge in [-0.2, -0.15) is 0 Å². The van der Waals surface area contributed by atoms with Gasteiger partial charge in [0.2, 0.25) is 5.91 Å². The van der Waals surface area contributed by atoms with Crippen LogP contribution < -0.4 is 0 Å². The lowest BCUT2D eigenvalue weighted by Gasteiger charge is -2.32. The third-order valence-electron chi connectivity index (χ3n) is 4.23. The lowest BCUT2D eigenvalue weighted by molar-refractivity contribution is -0.385. The molecule has 140 valence electrons. The number of nitro benzene ring substituents is 1. The molecule has 1 saturated heterocycles.